The molecule has 0 aliphatic carbocycles. The first kappa shape index (κ1) is 13.6. The number of aromatic amines is 1. The molecule has 8 nitrogen and oxygen atoms in total. The molecule has 0 aliphatic heterocycles. The van der Waals surface area contributed by atoms with Crippen LogP contribution in [0.3, 0.4) is 0 Å². The van der Waals surface area contributed by atoms with Gasteiger partial charge >= 0.3 is 0 Å². The molecular formula is C10H15N5O3S. The first-order chi connectivity index (χ1) is 8.97. The minimum Gasteiger partial charge on any atom is -0.392 e. The molecule has 0 saturated carbocycles. The molecule has 0 atom stereocenters. The Morgan fingerprint density at radius 3 is 2.89 bits per heavy atom. The molecule has 2 aromatic rings. The summed E-state index contributed by atoms with van der Waals surface area (Å²) < 4.78 is 28.4. The van der Waals surface area contributed by atoms with E-state index in [0.717, 1.165) is 0 Å². The summed E-state index contributed by atoms with van der Waals surface area (Å²) in [7, 11) is -2.10. The van der Waals surface area contributed by atoms with Gasteiger partial charge < -0.3 is 5.11 Å². The smallest absolute Gasteiger partial charge is 0.279 e. The van der Waals surface area contributed by atoms with Gasteiger partial charge in [0.05, 0.1) is 24.2 Å². The van der Waals surface area contributed by atoms with Crippen molar-refractivity contribution in [2.75, 3.05) is 4.72 Å². The number of nitrogens with zero attached hydrogens (tertiary/aromatic N) is 3. The summed E-state index contributed by atoms with van der Waals surface area (Å²) in [5.74, 6) is 0. The second-order valence-electron chi connectivity index (χ2n) is 4.00. The molecule has 104 valence electrons. The third-order valence-electron chi connectivity index (χ3n) is 2.60. The molecule has 0 spiro atoms. The van der Waals surface area contributed by atoms with Gasteiger partial charge in [-0.1, -0.05) is 6.92 Å². The number of nitrogens with one attached hydrogen (secondary N) is 2. The van der Waals surface area contributed by atoms with Crippen molar-refractivity contribution in [2.45, 2.75) is 25.0 Å². The molecule has 0 aliphatic rings. The van der Waals surface area contributed by atoms with Crippen LogP contribution in [-0.4, -0.2) is 33.5 Å². The van der Waals surface area contributed by atoms with E-state index < -0.39 is 16.6 Å². The Labute approximate surface area is 110 Å². The van der Waals surface area contributed by atoms with Crippen molar-refractivity contribution in [3.63, 3.8) is 0 Å². The van der Waals surface area contributed by atoms with Gasteiger partial charge in [-0.25, -0.2) is 0 Å². The highest BCUT2D eigenvalue weighted by Crippen LogP contribution is 2.20. The lowest BCUT2D eigenvalue weighted by atomic mass is 10.3. The molecule has 0 bridgehead atoms. The standard InChI is InChI=1S/C10H15N5O3S/c1-3-8-9(5-15(2)13-8)14-19(17,18)10-7(6-16)4-11-12-10/h4-5,14,16H,3,6H2,1-2H3,(H,11,12). The van der Waals surface area contributed by atoms with Crippen LogP contribution in [0.25, 0.3) is 0 Å². The summed E-state index contributed by atoms with van der Waals surface area (Å²) in [6.07, 6.45) is 3.47. The number of sulfonamides is 1. The van der Waals surface area contributed by atoms with Gasteiger partial charge in [0.25, 0.3) is 10.0 Å². The predicted octanol–water partition coefficient (Wildman–Crippen LogP) is -0.00130. The lowest BCUT2D eigenvalue weighted by molar-refractivity contribution is 0.278. The first-order valence-electron chi connectivity index (χ1n) is 5.66. The number of aliphatic hydroxyl groups is 1. The highest BCUT2D eigenvalue weighted by molar-refractivity contribution is 7.92. The van der Waals surface area contributed by atoms with Gasteiger partial charge in [-0.2, -0.15) is 18.6 Å². The molecule has 0 aromatic carbocycles. The van der Waals surface area contributed by atoms with E-state index >= 15 is 0 Å². The van der Waals surface area contributed by atoms with Crippen molar-refractivity contribution in [1.29, 1.82) is 0 Å². The van der Waals surface area contributed by atoms with E-state index in [1.807, 2.05) is 6.92 Å². The van der Waals surface area contributed by atoms with Crippen molar-refractivity contribution in [3.8, 4) is 0 Å². The van der Waals surface area contributed by atoms with Gasteiger partial charge in [0, 0.05) is 18.8 Å². The van der Waals surface area contributed by atoms with E-state index in [-0.39, 0.29) is 10.6 Å². The van der Waals surface area contributed by atoms with Crippen LogP contribution in [0.4, 0.5) is 5.69 Å². The summed E-state index contributed by atoms with van der Waals surface area (Å²) in [5.41, 5.74) is 1.29. The largest absolute Gasteiger partial charge is 0.392 e. The number of aryl methyl sites for hydroxylation is 2. The van der Waals surface area contributed by atoms with Crippen LogP contribution in [0, 0.1) is 0 Å². The Morgan fingerprint density at radius 1 is 1.53 bits per heavy atom. The van der Waals surface area contributed by atoms with Crippen molar-refractivity contribution >= 4 is 15.7 Å². The van der Waals surface area contributed by atoms with Crippen molar-refractivity contribution in [2.24, 2.45) is 7.05 Å². The van der Waals surface area contributed by atoms with E-state index in [9.17, 15) is 8.42 Å². The zero-order chi connectivity index (χ0) is 14.0. The fraction of sp³-hybridized carbons (Fsp3) is 0.400. The maximum atomic E-state index is 12.2. The van der Waals surface area contributed by atoms with E-state index in [4.69, 9.17) is 5.11 Å². The van der Waals surface area contributed by atoms with Gasteiger partial charge in [-0.3, -0.25) is 14.5 Å². The average Bonchev–Trinajstić information content (AvgIpc) is 2.95. The van der Waals surface area contributed by atoms with E-state index in [1.54, 1.807) is 13.2 Å². The summed E-state index contributed by atoms with van der Waals surface area (Å²) in [6, 6.07) is 0. The summed E-state index contributed by atoms with van der Waals surface area (Å²) in [4.78, 5) is 0. The van der Waals surface area contributed by atoms with Gasteiger partial charge in [0.2, 0.25) is 0 Å². The summed E-state index contributed by atoms with van der Waals surface area (Å²) in [6.45, 7) is 1.48. The average molecular weight is 285 g/mol. The number of aliphatic hydroxyl groups excluding tert-OH is 1. The summed E-state index contributed by atoms with van der Waals surface area (Å²) in [5, 5.41) is 19.1. The second-order valence-corrected chi connectivity index (χ2v) is 5.62. The number of rotatable bonds is 5. The molecule has 0 radical (unpaired) electrons. The highest BCUT2D eigenvalue weighted by atomic mass is 32.2. The Kier molecular flexibility index (Phi) is 3.58. The highest BCUT2D eigenvalue weighted by Gasteiger charge is 2.22. The topological polar surface area (TPSA) is 113 Å². The van der Waals surface area contributed by atoms with E-state index in [2.05, 4.69) is 20.0 Å². The number of anilines is 1. The maximum absolute atomic E-state index is 12.2. The van der Waals surface area contributed by atoms with Crippen molar-refractivity contribution in [3.05, 3.63) is 23.7 Å². The Balaban J connectivity index is 2.36. The molecule has 2 rings (SSSR count). The fourth-order valence-electron chi connectivity index (χ4n) is 1.72. The van der Waals surface area contributed by atoms with Crippen LogP contribution in [-0.2, 0) is 30.1 Å². The minimum atomic E-state index is -3.81. The number of hydrogen-bond donors (Lipinski definition) is 3. The number of aromatic nitrogens is 4. The molecule has 2 heterocycles. The Morgan fingerprint density at radius 2 is 2.26 bits per heavy atom. The molecule has 19 heavy (non-hydrogen) atoms. The normalized spacial score (nSPS) is 11.7. The van der Waals surface area contributed by atoms with Crippen LogP contribution in [0.2, 0.25) is 0 Å². The molecule has 0 unspecified atom stereocenters. The minimum absolute atomic E-state index is 0.138. The first-order valence-corrected chi connectivity index (χ1v) is 7.14. The monoisotopic (exact) mass is 285 g/mol. The van der Waals surface area contributed by atoms with Crippen LogP contribution < -0.4 is 4.72 Å². The maximum Gasteiger partial charge on any atom is 0.279 e. The van der Waals surface area contributed by atoms with Gasteiger partial charge in [0.1, 0.15) is 0 Å². The van der Waals surface area contributed by atoms with E-state index in [1.165, 1.54) is 10.9 Å². The molecule has 0 amide bonds. The van der Waals surface area contributed by atoms with Gasteiger partial charge in [-0.05, 0) is 6.42 Å². The quantitative estimate of drug-likeness (QED) is 0.715. The predicted molar refractivity (Wildman–Crippen MR) is 67.9 cm³/mol. The van der Waals surface area contributed by atoms with Gasteiger partial charge in [0.15, 0.2) is 5.03 Å². The summed E-state index contributed by atoms with van der Waals surface area (Å²) >= 11 is 0. The molecule has 9 heteroatoms. The van der Waals surface area contributed by atoms with Crippen LogP contribution in [0.5, 0.6) is 0 Å². The SMILES string of the molecule is CCc1nn(C)cc1NS(=O)(=O)c1[nH]ncc1CO. The molecular weight excluding hydrogens is 270 g/mol. The Bertz CT molecular complexity index is 673. The van der Waals surface area contributed by atoms with Gasteiger partial charge in [-0.15, -0.1) is 0 Å². The third kappa shape index (κ3) is 2.61. The molecule has 0 fully saturated rings. The Hall–Kier alpha value is -1.87. The third-order valence-corrected chi connectivity index (χ3v) is 3.98. The number of hydrogen-bond acceptors (Lipinski definition) is 5. The molecule has 2 aromatic heterocycles. The molecule has 3 N–H and O–H groups in total. The lowest BCUT2D eigenvalue weighted by Crippen LogP contribution is -2.15. The van der Waals surface area contributed by atoms with E-state index in [0.29, 0.717) is 17.8 Å². The second kappa shape index (κ2) is 5.02. The lowest BCUT2D eigenvalue weighted by Gasteiger charge is -2.06. The molecule has 0 saturated heterocycles. The van der Waals surface area contributed by atoms with Crippen LogP contribution >= 0.6 is 0 Å². The zero-order valence-corrected chi connectivity index (χ0v) is 11.4. The number of H-pyrrole nitrogens is 1. The van der Waals surface area contributed by atoms with Crippen molar-refractivity contribution in [1.82, 2.24) is 20.0 Å². The van der Waals surface area contributed by atoms with Crippen LogP contribution in [0.15, 0.2) is 17.4 Å². The zero-order valence-electron chi connectivity index (χ0n) is 10.6. The fourth-order valence-corrected chi connectivity index (χ4v) is 2.92. The van der Waals surface area contributed by atoms with Crippen molar-refractivity contribution < 1.29 is 13.5 Å². The van der Waals surface area contributed by atoms with Crippen LogP contribution in [0.1, 0.15) is 18.2 Å².